The minimum atomic E-state index is -0.508. The van der Waals surface area contributed by atoms with Gasteiger partial charge in [-0.25, -0.2) is 0 Å². The molecule has 1 aliphatic carbocycles. The predicted octanol–water partition coefficient (Wildman–Crippen LogP) is 4.36. The first kappa shape index (κ1) is 13.4. The van der Waals surface area contributed by atoms with Gasteiger partial charge in [0.05, 0.1) is 20.7 Å². The van der Waals surface area contributed by atoms with Gasteiger partial charge in [-0.3, -0.25) is 10.1 Å². The Morgan fingerprint density at radius 2 is 1.94 bits per heavy atom. The number of non-ortho nitro benzene ring substituents is 1. The molecule has 6 heteroatoms. The average Bonchev–Trinajstić information content (AvgIpc) is 2.84. The van der Waals surface area contributed by atoms with E-state index in [4.69, 9.17) is 23.2 Å². The van der Waals surface area contributed by atoms with E-state index in [9.17, 15) is 10.1 Å². The Labute approximate surface area is 115 Å². The molecule has 0 aromatic heterocycles. The zero-order chi connectivity index (χ0) is 13.5. The quantitative estimate of drug-likeness (QED) is 0.661. The zero-order valence-corrected chi connectivity index (χ0v) is 11.7. The van der Waals surface area contributed by atoms with Crippen LogP contribution < -0.4 is 5.32 Å². The van der Waals surface area contributed by atoms with Gasteiger partial charge in [-0.05, 0) is 17.8 Å². The van der Waals surface area contributed by atoms with Crippen molar-refractivity contribution >= 4 is 34.6 Å². The lowest BCUT2D eigenvalue weighted by atomic mass is 10.1. The summed E-state index contributed by atoms with van der Waals surface area (Å²) in [6.07, 6.45) is 1.17. The number of hydrogen-bond donors (Lipinski definition) is 1. The molecule has 18 heavy (non-hydrogen) atoms. The maximum Gasteiger partial charge on any atom is 0.272 e. The van der Waals surface area contributed by atoms with E-state index >= 15 is 0 Å². The van der Waals surface area contributed by atoms with Crippen LogP contribution in [-0.4, -0.2) is 11.5 Å². The van der Waals surface area contributed by atoms with Gasteiger partial charge in [-0.15, -0.1) is 0 Å². The summed E-state index contributed by atoms with van der Waals surface area (Å²) in [5.41, 5.74) is 0.848. The second kappa shape index (κ2) is 4.59. The standard InChI is InChI=1S/C12H14Cl2N2O2/c1-12(2)5-7(12)6-15-11-9(13)3-8(16(17)18)4-10(11)14/h3-4,7,15H,5-6H2,1-2H3. The summed E-state index contributed by atoms with van der Waals surface area (Å²) < 4.78 is 0. The van der Waals surface area contributed by atoms with Gasteiger partial charge in [0.25, 0.3) is 5.69 Å². The van der Waals surface area contributed by atoms with Crippen molar-refractivity contribution in [1.29, 1.82) is 0 Å². The third kappa shape index (κ3) is 2.70. The van der Waals surface area contributed by atoms with Crippen molar-refractivity contribution in [1.82, 2.24) is 0 Å². The van der Waals surface area contributed by atoms with Crippen LogP contribution in [0.1, 0.15) is 20.3 Å². The summed E-state index contributed by atoms with van der Waals surface area (Å²) in [4.78, 5) is 10.1. The number of halogens is 2. The Bertz CT molecular complexity index is 480. The zero-order valence-electron chi connectivity index (χ0n) is 10.2. The monoisotopic (exact) mass is 288 g/mol. The number of nitrogens with zero attached hydrogens (tertiary/aromatic N) is 1. The van der Waals surface area contributed by atoms with E-state index in [2.05, 4.69) is 19.2 Å². The summed E-state index contributed by atoms with van der Waals surface area (Å²) in [6, 6.07) is 2.63. The molecule has 0 amide bonds. The third-order valence-electron chi connectivity index (χ3n) is 3.48. The lowest BCUT2D eigenvalue weighted by Gasteiger charge is -2.11. The number of benzene rings is 1. The summed E-state index contributed by atoms with van der Waals surface area (Å²) >= 11 is 12.0. The molecule has 1 fully saturated rings. The molecule has 1 N–H and O–H groups in total. The Kier molecular flexibility index (Phi) is 3.43. The van der Waals surface area contributed by atoms with Gasteiger partial charge in [0.15, 0.2) is 0 Å². The Morgan fingerprint density at radius 3 is 2.33 bits per heavy atom. The number of nitro benzene ring substituents is 1. The van der Waals surface area contributed by atoms with E-state index in [1.807, 2.05) is 0 Å². The largest absolute Gasteiger partial charge is 0.382 e. The molecule has 1 saturated carbocycles. The van der Waals surface area contributed by atoms with Gasteiger partial charge in [0.2, 0.25) is 0 Å². The second-order valence-corrected chi connectivity index (χ2v) is 6.13. The van der Waals surface area contributed by atoms with Gasteiger partial charge in [0, 0.05) is 18.7 Å². The van der Waals surface area contributed by atoms with Crippen LogP contribution in [0.25, 0.3) is 0 Å². The molecule has 0 aliphatic heterocycles. The fourth-order valence-electron chi connectivity index (χ4n) is 1.98. The van der Waals surface area contributed by atoms with Crippen molar-refractivity contribution < 1.29 is 4.92 Å². The van der Waals surface area contributed by atoms with E-state index < -0.39 is 4.92 Å². The summed E-state index contributed by atoms with van der Waals surface area (Å²) in [7, 11) is 0. The molecule has 1 aromatic carbocycles. The molecule has 0 spiro atoms. The molecule has 1 aliphatic rings. The summed E-state index contributed by atoms with van der Waals surface area (Å²) in [6.45, 7) is 5.20. The average molecular weight is 289 g/mol. The van der Waals surface area contributed by atoms with Crippen molar-refractivity contribution in [2.24, 2.45) is 11.3 Å². The van der Waals surface area contributed by atoms with Gasteiger partial charge in [0.1, 0.15) is 0 Å². The SMILES string of the molecule is CC1(C)CC1CNc1c(Cl)cc([N+](=O)[O-])cc1Cl. The Hall–Kier alpha value is -1.00. The fourth-order valence-corrected chi connectivity index (χ4v) is 2.59. The summed E-state index contributed by atoms with van der Waals surface area (Å²) in [5, 5.41) is 14.4. The number of anilines is 1. The highest BCUT2D eigenvalue weighted by Gasteiger charge is 2.45. The van der Waals surface area contributed by atoms with Crippen LogP contribution in [0.3, 0.4) is 0 Å². The highest BCUT2D eigenvalue weighted by Crippen LogP contribution is 2.51. The fraction of sp³-hybridized carbons (Fsp3) is 0.500. The molecule has 4 nitrogen and oxygen atoms in total. The smallest absolute Gasteiger partial charge is 0.272 e. The first-order valence-electron chi connectivity index (χ1n) is 5.68. The Morgan fingerprint density at radius 1 is 1.44 bits per heavy atom. The molecule has 2 rings (SSSR count). The number of hydrogen-bond acceptors (Lipinski definition) is 3. The molecular weight excluding hydrogens is 275 g/mol. The lowest BCUT2D eigenvalue weighted by Crippen LogP contribution is -2.08. The number of nitro groups is 1. The van der Waals surface area contributed by atoms with Gasteiger partial charge >= 0.3 is 0 Å². The molecule has 0 radical (unpaired) electrons. The molecule has 0 bridgehead atoms. The van der Waals surface area contributed by atoms with Crippen LogP contribution in [0.4, 0.5) is 11.4 Å². The lowest BCUT2D eigenvalue weighted by molar-refractivity contribution is -0.384. The molecule has 1 unspecified atom stereocenters. The molecule has 98 valence electrons. The van der Waals surface area contributed by atoms with Gasteiger partial charge in [-0.1, -0.05) is 37.0 Å². The predicted molar refractivity (Wildman–Crippen MR) is 73.5 cm³/mol. The highest BCUT2D eigenvalue weighted by molar-refractivity contribution is 6.39. The van der Waals surface area contributed by atoms with E-state index in [-0.39, 0.29) is 15.7 Å². The van der Waals surface area contributed by atoms with Crippen LogP contribution in [0.15, 0.2) is 12.1 Å². The van der Waals surface area contributed by atoms with Crippen LogP contribution in [-0.2, 0) is 0 Å². The molecule has 0 saturated heterocycles. The molecule has 1 aromatic rings. The van der Waals surface area contributed by atoms with Crippen LogP contribution in [0.5, 0.6) is 0 Å². The highest BCUT2D eigenvalue weighted by atomic mass is 35.5. The van der Waals surface area contributed by atoms with Crippen molar-refractivity contribution in [2.75, 3.05) is 11.9 Å². The van der Waals surface area contributed by atoms with Gasteiger partial charge in [-0.2, -0.15) is 0 Å². The van der Waals surface area contributed by atoms with Gasteiger partial charge < -0.3 is 5.32 Å². The first-order chi connectivity index (χ1) is 8.31. The van der Waals surface area contributed by atoms with Crippen LogP contribution in [0, 0.1) is 21.4 Å². The molecule has 0 heterocycles. The minimum absolute atomic E-state index is 0.0951. The van der Waals surface area contributed by atoms with Crippen LogP contribution in [0.2, 0.25) is 10.0 Å². The van der Waals surface area contributed by atoms with Crippen LogP contribution >= 0.6 is 23.2 Å². The summed E-state index contributed by atoms with van der Waals surface area (Å²) in [5.74, 6) is 0.597. The molecule has 1 atom stereocenters. The van der Waals surface area contributed by atoms with Crippen molar-refractivity contribution in [3.63, 3.8) is 0 Å². The van der Waals surface area contributed by atoms with E-state index in [1.54, 1.807) is 0 Å². The van der Waals surface area contributed by atoms with E-state index in [0.29, 0.717) is 17.0 Å². The van der Waals surface area contributed by atoms with E-state index in [1.165, 1.54) is 18.6 Å². The molecular formula is C12H14Cl2N2O2. The van der Waals surface area contributed by atoms with Crippen molar-refractivity contribution in [2.45, 2.75) is 20.3 Å². The third-order valence-corrected chi connectivity index (χ3v) is 4.08. The second-order valence-electron chi connectivity index (χ2n) is 5.31. The number of nitrogens with one attached hydrogen (secondary N) is 1. The maximum absolute atomic E-state index is 10.6. The Balaban J connectivity index is 2.11. The first-order valence-corrected chi connectivity index (χ1v) is 6.44. The van der Waals surface area contributed by atoms with Crippen molar-refractivity contribution in [3.8, 4) is 0 Å². The minimum Gasteiger partial charge on any atom is -0.382 e. The topological polar surface area (TPSA) is 55.2 Å². The van der Waals surface area contributed by atoms with Crippen molar-refractivity contribution in [3.05, 3.63) is 32.3 Å². The van der Waals surface area contributed by atoms with E-state index in [0.717, 1.165) is 6.54 Å². The normalized spacial score (nSPS) is 20.6. The number of rotatable bonds is 4. The maximum atomic E-state index is 10.6.